The summed E-state index contributed by atoms with van der Waals surface area (Å²) in [5.41, 5.74) is 1.82. The molecule has 0 saturated heterocycles. The van der Waals surface area contributed by atoms with Crippen LogP contribution in [0, 0.1) is 45.0 Å². The first-order chi connectivity index (χ1) is 66.7. The molecule has 0 saturated carbocycles. The van der Waals surface area contributed by atoms with Gasteiger partial charge in [-0.05, 0) is 175 Å². The van der Waals surface area contributed by atoms with Crippen LogP contribution in [0.3, 0.4) is 0 Å². The van der Waals surface area contributed by atoms with Crippen molar-refractivity contribution in [2.75, 3.05) is 0 Å². The quantitative estimate of drug-likeness (QED) is 0.0807. The van der Waals surface area contributed by atoms with Crippen LogP contribution in [0.2, 0.25) is 0 Å². The summed E-state index contributed by atoms with van der Waals surface area (Å²) >= 11 is 0. The average molecular weight is 2640 g/mol. The maximum Gasteiger partial charge on any atom is 0.417 e. The topological polar surface area (TPSA) is 156 Å². The van der Waals surface area contributed by atoms with E-state index in [2.05, 4.69) is 65.1 Å². The summed E-state index contributed by atoms with van der Waals surface area (Å²) in [7, 11) is 0. The van der Waals surface area contributed by atoms with Gasteiger partial charge < -0.3 is 17.7 Å². The number of fused-ring (bicyclic) bond motifs is 12. The summed E-state index contributed by atoms with van der Waals surface area (Å²) in [6.45, 7) is 5.06. The van der Waals surface area contributed by atoms with Crippen molar-refractivity contribution in [2.45, 2.75) is 51.7 Å². The first kappa shape index (κ1) is 100. The zero-order valence-electron chi connectivity index (χ0n) is 73.7. The summed E-state index contributed by atoms with van der Waals surface area (Å²) < 4.78 is 228. The van der Waals surface area contributed by atoms with Gasteiger partial charge in [-0.1, -0.05) is 218 Å². The van der Waals surface area contributed by atoms with Crippen LogP contribution in [-0.2, 0) is 111 Å². The maximum atomic E-state index is 14.0. The predicted molar refractivity (Wildman–Crippen MR) is 505 cm³/mol. The molecule has 0 atom stereocenters. The molecule has 0 spiro atoms. The molecule has 24 rings (SSSR count). The van der Waals surface area contributed by atoms with Gasteiger partial charge in [-0.2, -0.15) is 107 Å². The molecule has 0 aliphatic heterocycles. The molecule has 0 N–H and O–H groups in total. The monoisotopic (exact) mass is 2640 g/mol. The molecular formula is C112H61F15Ir4N8O4-4. The molecule has 0 aliphatic rings. The standard InChI is InChI=1S/C28H13F6N2O.3C28H16F3N2O.4Ir/c29-27(30,31)21-10-9-18(13-22(21)28(32,33)34)25-19-11-15-5-1-2-6-16(15)12-20(19)26(36-35-25)24-14-17-7-3-4-8-23(17)37-24;1-16-7-6-11-22(28(29,30)31)25(16)27-21-14-18-9-3-2-8-17(18)13-20(21)26(32-33-27)24-15-19-10-4-5-12-23(19)34-24;1-16-10-20(12-21(11-16)28(29,30)31)26-22-13-17-6-2-3-7-18(17)14-23(22)27(33-32-26)25-15-19-8-4-5-9-24(19)34-25;1-16-10-11-20(28(29,30)31)15-21(16)26-22-12-17-6-2-3-7-18(17)13-23(22)27(33-32-26)25-14-19-8-4-5-9-24(19)34-25;;;;/h1-13H;2*2-14H,1H3;2-13,15H,1H3;;;;/q4*-1;;;;. The molecule has 0 aliphatic carbocycles. The minimum atomic E-state index is -5.22. The van der Waals surface area contributed by atoms with E-state index in [-0.39, 0.29) is 109 Å². The normalized spacial score (nSPS) is 11.9. The molecule has 0 unspecified atom stereocenters. The number of aryl methyl sites for hydroxylation is 3. The molecule has 143 heavy (non-hydrogen) atoms. The molecule has 718 valence electrons. The van der Waals surface area contributed by atoms with E-state index in [4.69, 9.17) is 17.7 Å². The van der Waals surface area contributed by atoms with Crippen LogP contribution < -0.4 is 0 Å². The number of halogens is 15. The van der Waals surface area contributed by atoms with E-state index >= 15 is 0 Å². The molecule has 24 aromatic rings. The maximum absolute atomic E-state index is 14.0. The predicted octanol–water partition coefficient (Wildman–Crippen LogP) is 32.7. The molecule has 12 nitrogen and oxygen atoms in total. The van der Waals surface area contributed by atoms with Crippen molar-refractivity contribution in [1.82, 2.24) is 40.8 Å². The van der Waals surface area contributed by atoms with Crippen LogP contribution >= 0.6 is 0 Å². The van der Waals surface area contributed by atoms with Crippen molar-refractivity contribution in [1.29, 1.82) is 0 Å². The molecule has 8 aromatic heterocycles. The third kappa shape index (κ3) is 19.7. The Labute approximate surface area is 854 Å². The van der Waals surface area contributed by atoms with Crippen LogP contribution in [0.25, 0.3) is 221 Å². The molecule has 31 heteroatoms. The minimum Gasteiger partial charge on any atom is -0.518 e. The number of hydrogen-bond donors (Lipinski definition) is 0. The number of nitrogens with zero attached hydrogens (tertiary/aromatic N) is 8. The van der Waals surface area contributed by atoms with E-state index in [9.17, 15) is 65.9 Å². The Morgan fingerprint density at radius 3 is 0.860 bits per heavy atom. The van der Waals surface area contributed by atoms with E-state index in [1.54, 1.807) is 63.2 Å². The van der Waals surface area contributed by atoms with Gasteiger partial charge in [-0.25, -0.2) is 0 Å². The van der Waals surface area contributed by atoms with E-state index < -0.39 is 58.7 Å². The van der Waals surface area contributed by atoms with Gasteiger partial charge >= 0.3 is 30.9 Å². The Morgan fingerprint density at radius 2 is 0.517 bits per heavy atom. The fourth-order valence-electron chi connectivity index (χ4n) is 17.5. The molecule has 0 bridgehead atoms. The number of aromatic nitrogens is 8. The third-order valence-electron chi connectivity index (χ3n) is 24.1. The molecule has 0 fully saturated rings. The number of hydrogen-bond acceptors (Lipinski definition) is 12. The second-order valence-electron chi connectivity index (χ2n) is 33.1. The van der Waals surface area contributed by atoms with Gasteiger partial charge in [-0.15, -0.1) is 70.1 Å². The first-order valence-electron chi connectivity index (χ1n) is 43.0. The van der Waals surface area contributed by atoms with Gasteiger partial charge in [0.2, 0.25) is 0 Å². The van der Waals surface area contributed by atoms with Gasteiger partial charge in [-0.3, -0.25) is 0 Å². The van der Waals surface area contributed by atoms with E-state index in [0.717, 1.165) is 106 Å². The number of alkyl halides is 15. The summed E-state index contributed by atoms with van der Waals surface area (Å²) in [6.07, 6.45) is -23.8. The zero-order valence-corrected chi connectivity index (χ0v) is 83.3. The minimum absolute atomic E-state index is 0. The van der Waals surface area contributed by atoms with Crippen LogP contribution in [0.1, 0.15) is 44.5 Å². The van der Waals surface area contributed by atoms with Crippen molar-refractivity contribution in [3.63, 3.8) is 0 Å². The molecule has 8 heterocycles. The second-order valence-corrected chi connectivity index (χ2v) is 33.1. The molecule has 0 amide bonds. The fourth-order valence-corrected chi connectivity index (χ4v) is 17.5. The fraction of sp³-hybridized carbons (Fsp3) is 0.0714. The smallest absolute Gasteiger partial charge is 0.417 e. The van der Waals surface area contributed by atoms with E-state index in [1.807, 2.05) is 212 Å². The SMILES string of the molecule is Cc1cc(-c2nnc(-c3[c-]c4ccccc4o3)c3cc4ccccc4cc23)cc(C(F)(F)F)c1.Cc1ccc(C(F)(F)F)cc1-c1nnc(-c2[c-]c3ccccc3o2)c2cc3ccccc3cc12.Cc1cccc(C(F)(F)F)c1-c1nnc(-c2[c-]c3ccccc3o2)c2cc3ccccc3cc12.FC(F)(F)c1ccc(-c2nnc(-c3[c-]c4ccccc4o3)c3cc4ccccc4cc23)cc1C(F)(F)F.[Ir].[Ir].[Ir].[Ir]. The van der Waals surface area contributed by atoms with Crippen LogP contribution in [-0.4, -0.2) is 40.8 Å². The van der Waals surface area contributed by atoms with Gasteiger partial charge in [0, 0.05) is 147 Å². The summed E-state index contributed by atoms with van der Waals surface area (Å²) in [5, 5.41) is 50.2. The Hall–Kier alpha value is -14.4. The Kier molecular flexibility index (Phi) is 27.7. The van der Waals surface area contributed by atoms with Gasteiger partial charge in [0.15, 0.2) is 0 Å². The number of benzene rings is 16. The summed E-state index contributed by atoms with van der Waals surface area (Å²) in [6, 6.07) is 102. The van der Waals surface area contributed by atoms with Crippen LogP contribution in [0.5, 0.6) is 0 Å². The Balaban J connectivity index is 0.000000130. The summed E-state index contributed by atoms with van der Waals surface area (Å²) in [4.78, 5) is 0. The van der Waals surface area contributed by atoms with Crippen molar-refractivity contribution in [3.8, 4) is 90.8 Å². The van der Waals surface area contributed by atoms with Crippen molar-refractivity contribution < 1.29 is 164 Å². The number of furan rings is 4. The third-order valence-corrected chi connectivity index (χ3v) is 24.1. The number of rotatable bonds is 8. The van der Waals surface area contributed by atoms with Crippen molar-refractivity contribution >= 4 is 130 Å². The molecule has 4 radical (unpaired) electrons. The van der Waals surface area contributed by atoms with E-state index in [0.29, 0.717) is 151 Å². The van der Waals surface area contributed by atoms with Crippen LogP contribution in [0.15, 0.2) is 333 Å². The average Bonchev–Trinajstić information content (AvgIpc) is 1.72. The van der Waals surface area contributed by atoms with Crippen molar-refractivity contribution in [3.05, 3.63) is 384 Å². The largest absolute Gasteiger partial charge is 0.518 e. The van der Waals surface area contributed by atoms with Gasteiger partial charge in [0.1, 0.15) is 0 Å². The first-order valence-corrected chi connectivity index (χ1v) is 43.0. The second kappa shape index (κ2) is 39.5. The Bertz CT molecular complexity index is 8940. The van der Waals surface area contributed by atoms with Crippen LogP contribution in [0.4, 0.5) is 65.9 Å². The van der Waals surface area contributed by atoms with Crippen molar-refractivity contribution in [2.24, 2.45) is 0 Å². The zero-order chi connectivity index (χ0) is 96.3. The number of para-hydroxylation sites is 4. The van der Waals surface area contributed by atoms with E-state index in [1.165, 1.54) is 12.1 Å². The summed E-state index contributed by atoms with van der Waals surface area (Å²) in [5.74, 6) is 1.53. The van der Waals surface area contributed by atoms with Gasteiger partial charge in [0.05, 0.1) is 96.4 Å². The molecule has 16 aromatic carbocycles. The molecular weight excluding hydrogens is 2580 g/mol. The van der Waals surface area contributed by atoms with Gasteiger partial charge in [0.25, 0.3) is 0 Å². The Morgan fingerprint density at radius 1 is 0.217 bits per heavy atom.